The monoisotopic (exact) mass is 467 g/mol. The molecule has 0 unspecified atom stereocenters. The predicted molar refractivity (Wildman–Crippen MR) is 131 cm³/mol. The summed E-state index contributed by atoms with van der Waals surface area (Å²) in [5.41, 5.74) is 2.20. The molecule has 4 rings (SSSR count). The highest BCUT2D eigenvalue weighted by Crippen LogP contribution is 2.36. The minimum atomic E-state index is -0.227. The molecule has 0 fully saturated rings. The normalized spacial score (nSPS) is 15.4. The van der Waals surface area contributed by atoms with Gasteiger partial charge in [0.2, 0.25) is 5.91 Å². The molecule has 1 aromatic carbocycles. The molecule has 2 heterocycles. The largest absolute Gasteiger partial charge is 0.325 e. The van der Waals surface area contributed by atoms with Crippen molar-refractivity contribution in [2.75, 3.05) is 11.1 Å². The van der Waals surface area contributed by atoms with E-state index in [9.17, 15) is 14.4 Å². The second-order valence-electron chi connectivity index (χ2n) is 8.10. The van der Waals surface area contributed by atoms with Crippen molar-refractivity contribution in [2.45, 2.75) is 44.8 Å². The Labute approximate surface area is 194 Å². The Morgan fingerprint density at radius 1 is 1.41 bits per heavy atom. The number of carbonyl (C=O) groups excluding carboxylic acids is 2. The molecule has 1 aliphatic carbocycles. The molecule has 166 valence electrons. The zero-order valence-electron chi connectivity index (χ0n) is 18.1. The topological polar surface area (TPSA) is 81.1 Å². The van der Waals surface area contributed by atoms with Crippen LogP contribution in [0.25, 0.3) is 10.2 Å². The number of hydrogen-bond acceptors (Lipinski definition) is 6. The van der Waals surface area contributed by atoms with Gasteiger partial charge in [0.25, 0.3) is 5.56 Å². The van der Waals surface area contributed by atoms with Crippen LogP contribution in [0.1, 0.15) is 41.1 Å². The summed E-state index contributed by atoms with van der Waals surface area (Å²) in [6, 6.07) is 6.83. The summed E-state index contributed by atoms with van der Waals surface area (Å²) in [6.07, 6.45) is 4.66. The SMILES string of the molecule is C=CCn1c(SCC(=O)Nc2cccc(C(C)=O)c2)nc2sc3c(c2c1=O)CC[C@@H](C)C3. The number of ketones is 1. The molecule has 0 radical (unpaired) electrons. The number of allylic oxidation sites excluding steroid dienone is 1. The van der Waals surface area contributed by atoms with Gasteiger partial charge in [0.15, 0.2) is 10.9 Å². The molecule has 0 saturated heterocycles. The zero-order chi connectivity index (χ0) is 22.8. The van der Waals surface area contributed by atoms with Crippen molar-refractivity contribution >= 4 is 50.7 Å². The van der Waals surface area contributed by atoms with Gasteiger partial charge < -0.3 is 5.32 Å². The van der Waals surface area contributed by atoms with Gasteiger partial charge in [0, 0.05) is 22.7 Å². The minimum absolute atomic E-state index is 0.0565. The number of aromatic nitrogens is 2. The van der Waals surface area contributed by atoms with Crippen LogP contribution in [0.5, 0.6) is 0 Å². The van der Waals surface area contributed by atoms with E-state index < -0.39 is 0 Å². The lowest BCUT2D eigenvalue weighted by molar-refractivity contribution is -0.113. The first kappa shape index (κ1) is 22.5. The molecule has 8 heteroatoms. The van der Waals surface area contributed by atoms with Crippen LogP contribution < -0.4 is 10.9 Å². The number of nitrogens with one attached hydrogen (secondary N) is 1. The lowest BCUT2D eigenvalue weighted by Gasteiger charge is -2.17. The van der Waals surface area contributed by atoms with Gasteiger partial charge in [0.05, 0.1) is 11.1 Å². The van der Waals surface area contributed by atoms with Crippen molar-refractivity contribution in [3.63, 3.8) is 0 Å². The number of thioether (sulfide) groups is 1. The molecule has 1 aliphatic rings. The summed E-state index contributed by atoms with van der Waals surface area (Å²) in [4.78, 5) is 44.2. The van der Waals surface area contributed by atoms with Crippen LogP contribution in [0.15, 0.2) is 46.9 Å². The van der Waals surface area contributed by atoms with Crippen molar-refractivity contribution in [2.24, 2.45) is 5.92 Å². The van der Waals surface area contributed by atoms with E-state index in [2.05, 4.69) is 18.8 Å². The highest BCUT2D eigenvalue weighted by atomic mass is 32.2. The molecular weight excluding hydrogens is 442 g/mol. The van der Waals surface area contributed by atoms with Crippen LogP contribution in [0.4, 0.5) is 5.69 Å². The number of hydrogen-bond donors (Lipinski definition) is 1. The molecular formula is C24H25N3O3S2. The molecule has 0 aliphatic heterocycles. The lowest BCUT2D eigenvalue weighted by Crippen LogP contribution is -2.24. The van der Waals surface area contributed by atoms with Gasteiger partial charge in [-0.2, -0.15) is 0 Å². The summed E-state index contributed by atoms with van der Waals surface area (Å²) < 4.78 is 1.61. The van der Waals surface area contributed by atoms with Gasteiger partial charge in [0.1, 0.15) is 4.83 Å². The Kier molecular flexibility index (Phi) is 6.62. The fraction of sp³-hybridized carbons (Fsp3) is 0.333. The lowest BCUT2D eigenvalue weighted by atomic mass is 9.89. The molecule has 3 aromatic rings. The average molecular weight is 468 g/mol. The van der Waals surface area contributed by atoms with Crippen LogP contribution in [0.3, 0.4) is 0 Å². The van der Waals surface area contributed by atoms with Gasteiger partial charge in [-0.25, -0.2) is 4.98 Å². The first-order valence-corrected chi connectivity index (χ1v) is 12.4. The van der Waals surface area contributed by atoms with Crippen molar-refractivity contribution in [3.05, 3.63) is 63.3 Å². The molecule has 6 nitrogen and oxygen atoms in total. The number of Topliss-reactive ketones (excluding diaryl/α,β-unsaturated/α-hetero) is 1. The third-order valence-corrected chi connectivity index (χ3v) is 7.70. The number of aryl methyl sites for hydroxylation is 1. The Morgan fingerprint density at radius 3 is 2.97 bits per heavy atom. The van der Waals surface area contributed by atoms with Gasteiger partial charge in [-0.3, -0.25) is 19.0 Å². The standard InChI is InChI=1S/C24H25N3O3S2/c1-4-10-27-23(30)21-18-9-8-14(2)11-19(18)32-22(21)26-24(27)31-13-20(29)25-17-7-5-6-16(12-17)15(3)28/h4-7,12,14H,1,8-11,13H2,2-3H3,(H,25,29)/t14-/m1/s1. The number of thiophene rings is 1. The Morgan fingerprint density at radius 2 is 2.22 bits per heavy atom. The van der Waals surface area contributed by atoms with Gasteiger partial charge in [-0.05, 0) is 49.8 Å². The number of carbonyl (C=O) groups is 2. The summed E-state index contributed by atoms with van der Waals surface area (Å²) in [5, 5.41) is 4.06. The van der Waals surface area contributed by atoms with Crippen molar-refractivity contribution in [1.82, 2.24) is 9.55 Å². The number of anilines is 1. The van der Waals surface area contributed by atoms with Gasteiger partial charge in [-0.1, -0.05) is 36.9 Å². The first-order chi connectivity index (χ1) is 15.4. The zero-order valence-corrected chi connectivity index (χ0v) is 19.8. The van der Waals surface area contributed by atoms with Crippen LogP contribution in [-0.2, 0) is 24.2 Å². The molecule has 32 heavy (non-hydrogen) atoms. The Bertz CT molecular complexity index is 1280. The number of benzene rings is 1. The molecule has 0 bridgehead atoms. The molecule has 0 saturated carbocycles. The molecule has 1 atom stereocenters. The fourth-order valence-electron chi connectivity index (χ4n) is 3.95. The van der Waals surface area contributed by atoms with Crippen molar-refractivity contribution in [1.29, 1.82) is 0 Å². The van der Waals surface area contributed by atoms with E-state index in [1.54, 1.807) is 46.2 Å². The first-order valence-electron chi connectivity index (χ1n) is 10.6. The number of amides is 1. The number of nitrogens with zero attached hydrogens (tertiary/aromatic N) is 2. The van der Waals surface area contributed by atoms with Crippen LogP contribution in [0.2, 0.25) is 0 Å². The van der Waals surface area contributed by atoms with Crippen LogP contribution in [0, 0.1) is 5.92 Å². The van der Waals surface area contributed by atoms with E-state index in [0.717, 1.165) is 35.0 Å². The number of rotatable bonds is 7. The molecule has 1 amide bonds. The van der Waals surface area contributed by atoms with Crippen molar-refractivity contribution < 1.29 is 9.59 Å². The van der Waals surface area contributed by atoms with E-state index in [1.165, 1.54) is 23.6 Å². The van der Waals surface area contributed by atoms with E-state index in [1.807, 2.05) is 0 Å². The highest BCUT2D eigenvalue weighted by molar-refractivity contribution is 7.99. The smallest absolute Gasteiger partial charge is 0.263 e. The van der Waals surface area contributed by atoms with E-state index in [4.69, 9.17) is 4.98 Å². The summed E-state index contributed by atoms with van der Waals surface area (Å²) >= 11 is 2.84. The molecule has 1 N–H and O–H groups in total. The average Bonchev–Trinajstić information content (AvgIpc) is 3.12. The Hall–Kier alpha value is -2.71. The van der Waals surface area contributed by atoms with E-state index in [-0.39, 0.29) is 23.0 Å². The van der Waals surface area contributed by atoms with Gasteiger partial charge >= 0.3 is 0 Å². The summed E-state index contributed by atoms with van der Waals surface area (Å²) in [7, 11) is 0. The predicted octanol–water partition coefficient (Wildman–Crippen LogP) is 4.70. The molecule has 0 spiro atoms. The minimum Gasteiger partial charge on any atom is -0.325 e. The highest BCUT2D eigenvalue weighted by Gasteiger charge is 2.24. The van der Waals surface area contributed by atoms with Crippen molar-refractivity contribution in [3.8, 4) is 0 Å². The number of fused-ring (bicyclic) bond motifs is 3. The maximum Gasteiger partial charge on any atom is 0.263 e. The third-order valence-electron chi connectivity index (χ3n) is 5.58. The Balaban J connectivity index is 1.58. The summed E-state index contributed by atoms with van der Waals surface area (Å²) in [5.74, 6) is 0.426. The van der Waals surface area contributed by atoms with Gasteiger partial charge in [-0.15, -0.1) is 17.9 Å². The van der Waals surface area contributed by atoms with Crippen LogP contribution >= 0.6 is 23.1 Å². The third kappa shape index (κ3) is 4.56. The van der Waals surface area contributed by atoms with E-state index in [0.29, 0.717) is 28.9 Å². The second-order valence-corrected chi connectivity index (χ2v) is 10.1. The van der Waals surface area contributed by atoms with E-state index >= 15 is 0 Å². The maximum atomic E-state index is 13.3. The van der Waals surface area contributed by atoms with Crippen LogP contribution in [-0.4, -0.2) is 27.0 Å². The second kappa shape index (κ2) is 9.42. The molecule has 2 aromatic heterocycles. The summed E-state index contributed by atoms with van der Waals surface area (Å²) in [6.45, 7) is 7.84. The quantitative estimate of drug-likeness (QED) is 0.236. The fourth-order valence-corrected chi connectivity index (χ4v) is 6.18. The maximum absolute atomic E-state index is 13.3.